The van der Waals surface area contributed by atoms with Crippen molar-refractivity contribution in [3.8, 4) is 0 Å². The van der Waals surface area contributed by atoms with Crippen molar-refractivity contribution in [1.29, 1.82) is 0 Å². The highest BCUT2D eigenvalue weighted by atomic mass is 19.3. The fraction of sp³-hybridized carbons (Fsp3) is 0.833. The van der Waals surface area contributed by atoms with E-state index in [4.69, 9.17) is 4.74 Å². The van der Waals surface area contributed by atoms with Gasteiger partial charge in [0.2, 0.25) is 0 Å². The summed E-state index contributed by atoms with van der Waals surface area (Å²) in [6.45, 7) is 3.41. The zero-order chi connectivity index (χ0) is 15.7. The first-order valence-electron chi connectivity index (χ1n) is 6.09. The third-order valence-corrected chi connectivity index (χ3v) is 2.79. The number of hydrogen-bond donors (Lipinski definition) is 1. The Morgan fingerprint density at radius 3 is 2.35 bits per heavy atom. The molecule has 1 saturated heterocycles. The lowest BCUT2D eigenvalue weighted by molar-refractivity contribution is -0.189. The summed E-state index contributed by atoms with van der Waals surface area (Å²) in [5, 5.41) is 9.50. The standard InChI is InChI=1S/C12H19F2NO5/c1-11(2,3)20-10(18)15-5-7(9(17)19-4)8(16)12(13,14)6-15/h7-8,16H,5-6H2,1-4H3/t7-,8+/m1/s1. The number of piperidine rings is 1. The van der Waals surface area contributed by atoms with Gasteiger partial charge in [0.05, 0.1) is 13.7 Å². The van der Waals surface area contributed by atoms with Gasteiger partial charge < -0.3 is 19.5 Å². The number of ether oxygens (including phenoxy) is 2. The van der Waals surface area contributed by atoms with Gasteiger partial charge in [-0.15, -0.1) is 0 Å². The molecule has 0 unspecified atom stereocenters. The molecule has 0 aromatic heterocycles. The predicted molar refractivity (Wildman–Crippen MR) is 64.3 cm³/mol. The van der Waals surface area contributed by atoms with Gasteiger partial charge in [0.1, 0.15) is 17.6 Å². The van der Waals surface area contributed by atoms with Gasteiger partial charge in [-0.25, -0.2) is 13.6 Å². The highest BCUT2D eigenvalue weighted by Crippen LogP contribution is 2.32. The Labute approximate surface area is 115 Å². The Bertz CT molecular complexity index is 394. The van der Waals surface area contributed by atoms with E-state index in [0.717, 1.165) is 7.11 Å². The van der Waals surface area contributed by atoms with Crippen LogP contribution in [-0.4, -0.2) is 59.9 Å². The average Bonchev–Trinajstić information content (AvgIpc) is 2.29. The summed E-state index contributed by atoms with van der Waals surface area (Å²) in [5.74, 6) is -6.10. The van der Waals surface area contributed by atoms with E-state index in [2.05, 4.69) is 4.74 Å². The van der Waals surface area contributed by atoms with Gasteiger partial charge in [0.15, 0.2) is 0 Å². The number of hydrogen-bond acceptors (Lipinski definition) is 5. The fourth-order valence-electron chi connectivity index (χ4n) is 1.86. The quantitative estimate of drug-likeness (QED) is 0.731. The van der Waals surface area contributed by atoms with Crippen molar-refractivity contribution in [3.05, 3.63) is 0 Å². The Hall–Kier alpha value is -1.44. The number of amides is 1. The highest BCUT2D eigenvalue weighted by molar-refractivity contribution is 5.76. The van der Waals surface area contributed by atoms with Crippen LogP contribution in [0.5, 0.6) is 0 Å². The first kappa shape index (κ1) is 16.6. The van der Waals surface area contributed by atoms with E-state index in [1.54, 1.807) is 20.8 Å². The van der Waals surface area contributed by atoms with Crippen LogP contribution in [0.15, 0.2) is 0 Å². The van der Waals surface area contributed by atoms with Gasteiger partial charge in [-0.3, -0.25) is 4.79 Å². The highest BCUT2D eigenvalue weighted by Gasteiger charge is 2.53. The third kappa shape index (κ3) is 3.78. The van der Waals surface area contributed by atoms with Crippen molar-refractivity contribution in [2.45, 2.75) is 38.4 Å². The molecular formula is C12H19F2NO5. The molecule has 1 aliphatic heterocycles. The molecule has 0 radical (unpaired) electrons. The van der Waals surface area contributed by atoms with E-state index >= 15 is 0 Å². The minimum atomic E-state index is -3.60. The number of halogens is 2. The van der Waals surface area contributed by atoms with Gasteiger partial charge in [0.25, 0.3) is 5.92 Å². The molecule has 1 heterocycles. The lowest BCUT2D eigenvalue weighted by atomic mass is 9.92. The smallest absolute Gasteiger partial charge is 0.410 e. The molecule has 1 rings (SSSR count). The molecular weight excluding hydrogens is 276 g/mol. The fourth-order valence-corrected chi connectivity index (χ4v) is 1.86. The van der Waals surface area contributed by atoms with Crippen molar-refractivity contribution >= 4 is 12.1 Å². The number of carbonyl (C=O) groups excluding carboxylic acids is 2. The summed E-state index contributed by atoms with van der Waals surface area (Å²) in [4.78, 5) is 23.9. The van der Waals surface area contributed by atoms with E-state index in [1.807, 2.05) is 0 Å². The minimum Gasteiger partial charge on any atom is -0.469 e. The zero-order valence-corrected chi connectivity index (χ0v) is 11.9. The number of methoxy groups -OCH3 is 1. The maximum absolute atomic E-state index is 13.7. The van der Waals surface area contributed by atoms with Crippen molar-refractivity contribution in [2.24, 2.45) is 5.92 Å². The average molecular weight is 295 g/mol. The molecule has 8 heteroatoms. The largest absolute Gasteiger partial charge is 0.469 e. The van der Waals surface area contributed by atoms with E-state index in [9.17, 15) is 23.5 Å². The number of rotatable bonds is 1. The van der Waals surface area contributed by atoms with Crippen LogP contribution in [0.25, 0.3) is 0 Å². The Morgan fingerprint density at radius 2 is 1.90 bits per heavy atom. The molecule has 1 aliphatic rings. The van der Waals surface area contributed by atoms with Crippen molar-refractivity contribution in [1.82, 2.24) is 4.90 Å². The molecule has 2 atom stereocenters. The third-order valence-electron chi connectivity index (χ3n) is 2.79. The second kappa shape index (κ2) is 5.51. The first-order chi connectivity index (χ1) is 8.98. The maximum Gasteiger partial charge on any atom is 0.410 e. The summed E-state index contributed by atoms with van der Waals surface area (Å²) >= 11 is 0. The number of alkyl halides is 2. The minimum absolute atomic E-state index is 0.377. The SMILES string of the molecule is COC(=O)[C@@H]1CN(C(=O)OC(C)(C)C)CC(F)(F)[C@H]1O. The molecule has 1 fully saturated rings. The molecule has 0 aromatic rings. The summed E-state index contributed by atoms with van der Waals surface area (Å²) in [5.41, 5.74) is -0.844. The molecule has 0 saturated carbocycles. The number of likely N-dealkylation sites (tertiary alicyclic amines) is 1. The maximum atomic E-state index is 13.7. The first-order valence-corrected chi connectivity index (χ1v) is 6.09. The molecule has 0 spiro atoms. The molecule has 0 aromatic carbocycles. The molecule has 0 aliphatic carbocycles. The van der Waals surface area contributed by atoms with Crippen LogP contribution in [0, 0.1) is 5.92 Å². The van der Waals surface area contributed by atoms with Crippen LogP contribution < -0.4 is 0 Å². The van der Waals surface area contributed by atoms with E-state index in [-0.39, 0.29) is 6.54 Å². The summed E-state index contributed by atoms with van der Waals surface area (Å²) in [6, 6.07) is 0. The van der Waals surface area contributed by atoms with Crippen LogP contribution in [0.3, 0.4) is 0 Å². The monoisotopic (exact) mass is 295 g/mol. The summed E-state index contributed by atoms with van der Waals surface area (Å²) < 4.78 is 36.7. The van der Waals surface area contributed by atoms with Crippen molar-refractivity contribution < 1.29 is 33.0 Å². The Balaban J connectivity index is 2.90. The lowest BCUT2D eigenvalue weighted by Crippen LogP contribution is -2.60. The van der Waals surface area contributed by atoms with Crippen LogP contribution in [0.1, 0.15) is 20.8 Å². The molecule has 1 N–H and O–H groups in total. The topological polar surface area (TPSA) is 76.1 Å². The van der Waals surface area contributed by atoms with Gasteiger partial charge in [-0.2, -0.15) is 0 Å². The summed E-state index contributed by atoms with van der Waals surface area (Å²) in [6.07, 6.45) is -3.15. The van der Waals surface area contributed by atoms with Crippen LogP contribution in [0.4, 0.5) is 13.6 Å². The van der Waals surface area contributed by atoms with Crippen molar-refractivity contribution in [2.75, 3.05) is 20.2 Å². The molecule has 6 nitrogen and oxygen atoms in total. The van der Waals surface area contributed by atoms with E-state index in [1.165, 1.54) is 0 Å². The molecule has 116 valence electrons. The van der Waals surface area contributed by atoms with E-state index < -0.39 is 42.2 Å². The Kier molecular flexibility index (Phi) is 4.58. The molecule has 20 heavy (non-hydrogen) atoms. The van der Waals surface area contributed by atoms with Crippen molar-refractivity contribution in [3.63, 3.8) is 0 Å². The van der Waals surface area contributed by atoms with Gasteiger partial charge in [-0.1, -0.05) is 0 Å². The number of aliphatic hydroxyl groups is 1. The van der Waals surface area contributed by atoms with Crippen LogP contribution in [0.2, 0.25) is 0 Å². The summed E-state index contributed by atoms with van der Waals surface area (Å²) in [7, 11) is 1.03. The number of nitrogens with zero attached hydrogens (tertiary/aromatic N) is 1. The van der Waals surface area contributed by atoms with Gasteiger partial charge in [0, 0.05) is 6.54 Å². The van der Waals surface area contributed by atoms with Crippen LogP contribution in [-0.2, 0) is 14.3 Å². The Morgan fingerprint density at radius 1 is 1.35 bits per heavy atom. The normalized spacial score (nSPS) is 26.1. The molecule has 0 bridgehead atoms. The number of carbonyl (C=O) groups is 2. The number of aliphatic hydroxyl groups excluding tert-OH is 1. The van der Waals surface area contributed by atoms with Crippen LogP contribution >= 0.6 is 0 Å². The second-order valence-corrected chi connectivity index (χ2v) is 5.70. The van der Waals surface area contributed by atoms with E-state index in [0.29, 0.717) is 4.90 Å². The lowest BCUT2D eigenvalue weighted by Gasteiger charge is -2.40. The zero-order valence-electron chi connectivity index (χ0n) is 11.9. The van der Waals surface area contributed by atoms with Gasteiger partial charge in [-0.05, 0) is 20.8 Å². The number of esters is 1. The molecule has 1 amide bonds. The predicted octanol–water partition coefficient (Wildman–Crippen LogP) is 1.02. The second-order valence-electron chi connectivity index (χ2n) is 5.70. The van der Waals surface area contributed by atoms with Gasteiger partial charge >= 0.3 is 12.1 Å².